The monoisotopic (exact) mass is 296 g/mol. The molecule has 2 atom stereocenters. The van der Waals surface area contributed by atoms with Crippen molar-refractivity contribution in [2.75, 3.05) is 19.1 Å². The Kier molecular flexibility index (Phi) is 7.08. The van der Waals surface area contributed by atoms with Gasteiger partial charge >= 0.3 is 5.97 Å². The lowest BCUT2D eigenvalue weighted by Gasteiger charge is -2.20. The van der Waals surface area contributed by atoms with Gasteiger partial charge < -0.3 is 10.1 Å². The Morgan fingerprint density at radius 3 is 2.60 bits per heavy atom. The number of hydrogen-bond donors (Lipinski definition) is 1. The minimum Gasteiger partial charge on any atom is -0.469 e. The third kappa shape index (κ3) is 5.21. The molecule has 1 aromatic heterocycles. The van der Waals surface area contributed by atoms with E-state index in [-0.39, 0.29) is 30.3 Å². The second-order valence-corrected chi connectivity index (χ2v) is 5.39. The molecular formula is C14H20N2O3S. The number of carbonyl (C=O) groups excluding carboxylic acids is 2. The maximum atomic E-state index is 12.1. The molecule has 2 unspecified atom stereocenters. The first-order valence-corrected chi connectivity index (χ1v) is 7.74. The van der Waals surface area contributed by atoms with E-state index in [9.17, 15) is 9.59 Å². The van der Waals surface area contributed by atoms with Crippen LogP contribution in [0.5, 0.6) is 0 Å². The Balaban J connectivity index is 2.78. The molecule has 0 aliphatic heterocycles. The van der Waals surface area contributed by atoms with Crippen molar-refractivity contribution < 1.29 is 14.3 Å². The standard InChI is InChI=1S/C14H20N2O3S/c1-10(9-20-3)14(18)16-12(8-13(17)19-2)11-4-6-15-7-5-11/h4-7,10,12H,8-9H2,1-3H3,(H,16,18). The summed E-state index contributed by atoms with van der Waals surface area (Å²) in [6, 6.07) is 3.18. The molecule has 5 nitrogen and oxygen atoms in total. The van der Waals surface area contributed by atoms with Gasteiger partial charge in [-0.25, -0.2) is 0 Å². The molecule has 0 bridgehead atoms. The summed E-state index contributed by atoms with van der Waals surface area (Å²) >= 11 is 1.62. The zero-order chi connectivity index (χ0) is 15.0. The van der Waals surface area contributed by atoms with Gasteiger partial charge in [-0.1, -0.05) is 6.92 Å². The Morgan fingerprint density at radius 2 is 2.05 bits per heavy atom. The molecule has 1 heterocycles. The van der Waals surface area contributed by atoms with Crippen LogP contribution >= 0.6 is 11.8 Å². The van der Waals surface area contributed by atoms with Crippen molar-refractivity contribution in [1.82, 2.24) is 10.3 Å². The van der Waals surface area contributed by atoms with Gasteiger partial charge in [-0.05, 0) is 24.0 Å². The molecule has 0 aliphatic rings. The zero-order valence-corrected chi connectivity index (χ0v) is 12.8. The average molecular weight is 296 g/mol. The van der Waals surface area contributed by atoms with Crippen molar-refractivity contribution in [1.29, 1.82) is 0 Å². The number of rotatable bonds is 7. The Hall–Kier alpha value is -1.56. The number of carbonyl (C=O) groups is 2. The highest BCUT2D eigenvalue weighted by Crippen LogP contribution is 2.18. The van der Waals surface area contributed by atoms with Crippen LogP contribution in [-0.4, -0.2) is 36.0 Å². The molecule has 0 aliphatic carbocycles. The van der Waals surface area contributed by atoms with E-state index < -0.39 is 0 Å². The van der Waals surface area contributed by atoms with Crippen LogP contribution in [0.1, 0.15) is 24.9 Å². The van der Waals surface area contributed by atoms with E-state index in [1.807, 2.05) is 13.2 Å². The Morgan fingerprint density at radius 1 is 1.40 bits per heavy atom. The Labute approximate surface area is 123 Å². The first-order valence-electron chi connectivity index (χ1n) is 6.34. The number of amides is 1. The van der Waals surface area contributed by atoms with Gasteiger partial charge in [0, 0.05) is 24.1 Å². The third-order valence-electron chi connectivity index (χ3n) is 2.89. The summed E-state index contributed by atoms with van der Waals surface area (Å²) in [4.78, 5) is 27.5. The summed E-state index contributed by atoms with van der Waals surface area (Å²) in [6.45, 7) is 1.87. The van der Waals surface area contributed by atoms with Crippen molar-refractivity contribution in [3.05, 3.63) is 30.1 Å². The summed E-state index contributed by atoms with van der Waals surface area (Å²) in [5, 5.41) is 2.90. The normalized spacial score (nSPS) is 13.3. The summed E-state index contributed by atoms with van der Waals surface area (Å²) < 4.78 is 4.68. The number of methoxy groups -OCH3 is 1. The van der Waals surface area contributed by atoms with E-state index in [0.717, 1.165) is 11.3 Å². The van der Waals surface area contributed by atoms with E-state index in [4.69, 9.17) is 0 Å². The van der Waals surface area contributed by atoms with E-state index in [0.29, 0.717) is 0 Å². The summed E-state index contributed by atoms with van der Waals surface area (Å²) in [5.74, 6) is 0.217. The first kappa shape index (κ1) is 16.5. The molecule has 20 heavy (non-hydrogen) atoms. The van der Waals surface area contributed by atoms with Crippen molar-refractivity contribution in [2.45, 2.75) is 19.4 Å². The molecule has 0 radical (unpaired) electrons. The van der Waals surface area contributed by atoms with Gasteiger partial charge in [0.1, 0.15) is 0 Å². The van der Waals surface area contributed by atoms with E-state index >= 15 is 0 Å². The number of ether oxygens (including phenoxy) is 1. The summed E-state index contributed by atoms with van der Waals surface area (Å²) in [5.41, 5.74) is 0.843. The van der Waals surface area contributed by atoms with Crippen molar-refractivity contribution in [2.24, 2.45) is 5.92 Å². The number of esters is 1. The van der Waals surface area contributed by atoms with Crippen LogP contribution in [0.2, 0.25) is 0 Å². The van der Waals surface area contributed by atoms with Gasteiger partial charge in [-0.15, -0.1) is 0 Å². The number of hydrogen-bond acceptors (Lipinski definition) is 5. The molecule has 110 valence electrons. The number of thioether (sulfide) groups is 1. The third-order valence-corrected chi connectivity index (χ3v) is 3.72. The van der Waals surface area contributed by atoms with E-state index in [1.54, 1.807) is 36.3 Å². The SMILES string of the molecule is COC(=O)CC(NC(=O)C(C)CSC)c1ccncc1. The molecule has 1 rings (SSSR count). The number of nitrogens with zero attached hydrogens (tertiary/aromatic N) is 1. The zero-order valence-electron chi connectivity index (χ0n) is 12.0. The topological polar surface area (TPSA) is 68.3 Å². The van der Waals surface area contributed by atoms with E-state index in [1.165, 1.54) is 7.11 Å². The predicted molar refractivity (Wildman–Crippen MR) is 79.3 cm³/mol. The molecular weight excluding hydrogens is 276 g/mol. The fourth-order valence-electron chi connectivity index (χ4n) is 1.74. The molecule has 1 aromatic rings. The highest BCUT2D eigenvalue weighted by atomic mass is 32.2. The molecule has 0 aromatic carbocycles. The molecule has 0 saturated carbocycles. The smallest absolute Gasteiger partial charge is 0.307 e. The van der Waals surface area contributed by atoms with Gasteiger partial charge in [-0.3, -0.25) is 14.6 Å². The van der Waals surface area contributed by atoms with Crippen LogP contribution in [-0.2, 0) is 14.3 Å². The average Bonchev–Trinajstić information content (AvgIpc) is 2.47. The molecule has 0 fully saturated rings. The lowest BCUT2D eigenvalue weighted by Crippen LogP contribution is -2.35. The molecule has 0 spiro atoms. The fraction of sp³-hybridized carbons (Fsp3) is 0.500. The minimum atomic E-state index is -0.387. The predicted octanol–water partition coefficient (Wildman–Crippen LogP) is 1.80. The van der Waals surface area contributed by atoms with Gasteiger partial charge in [0.2, 0.25) is 5.91 Å². The van der Waals surface area contributed by atoms with Crippen molar-refractivity contribution >= 4 is 23.6 Å². The van der Waals surface area contributed by atoms with Crippen molar-refractivity contribution in [3.63, 3.8) is 0 Å². The van der Waals surface area contributed by atoms with Gasteiger partial charge in [-0.2, -0.15) is 11.8 Å². The first-order chi connectivity index (χ1) is 9.58. The molecule has 0 saturated heterocycles. The largest absolute Gasteiger partial charge is 0.469 e. The molecule has 6 heteroatoms. The highest BCUT2D eigenvalue weighted by Gasteiger charge is 2.21. The maximum absolute atomic E-state index is 12.1. The van der Waals surface area contributed by atoms with Gasteiger partial charge in [0.05, 0.1) is 19.6 Å². The minimum absolute atomic E-state index is 0.0648. The van der Waals surface area contributed by atoms with Gasteiger partial charge in [0.25, 0.3) is 0 Å². The van der Waals surface area contributed by atoms with Crippen LogP contribution in [0.4, 0.5) is 0 Å². The van der Waals surface area contributed by atoms with Crippen molar-refractivity contribution in [3.8, 4) is 0 Å². The second-order valence-electron chi connectivity index (χ2n) is 4.48. The lowest BCUT2D eigenvalue weighted by atomic mass is 10.0. The molecule has 1 N–H and O–H groups in total. The number of pyridine rings is 1. The van der Waals surface area contributed by atoms with E-state index in [2.05, 4.69) is 15.0 Å². The van der Waals surface area contributed by atoms with Crippen LogP contribution in [0.3, 0.4) is 0 Å². The molecule has 1 amide bonds. The van der Waals surface area contributed by atoms with Crippen LogP contribution in [0.25, 0.3) is 0 Å². The number of nitrogens with one attached hydrogen (secondary N) is 1. The van der Waals surface area contributed by atoms with Gasteiger partial charge in [0.15, 0.2) is 0 Å². The lowest BCUT2D eigenvalue weighted by molar-refractivity contribution is -0.141. The van der Waals surface area contributed by atoms with Crippen LogP contribution in [0.15, 0.2) is 24.5 Å². The quantitative estimate of drug-likeness (QED) is 0.777. The Bertz CT molecular complexity index is 439. The van der Waals surface area contributed by atoms with Crippen LogP contribution in [0, 0.1) is 5.92 Å². The highest BCUT2D eigenvalue weighted by molar-refractivity contribution is 7.98. The van der Waals surface area contributed by atoms with Crippen LogP contribution < -0.4 is 5.32 Å². The summed E-state index contributed by atoms with van der Waals surface area (Å²) in [6.07, 6.45) is 5.34. The summed E-state index contributed by atoms with van der Waals surface area (Å²) in [7, 11) is 1.34. The second kappa shape index (κ2) is 8.58. The number of aromatic nitrogens is 1. The fourth-order valence-corrected chi connectivity index (χ4v) is 2.39. The maximum Gasteiger partial charge on any atom is 0.307 e.